The van der Waals surface area contributed by atoms with Crippen molar-refractivity contribution >= 4 is 40.8 Å². The number of hydrogen-bond donors (Lipinski definition) is 1. The molecule has 0 saturated carbocycles. The topological polar surface area (TPSA) is 81.4 Å². The maximum Gasteiger partial charge on any atom is 0.338 e. The van der Waals surface area contributed by atoms with Crippen LogP contribution in [0.5, 0.6) is 0 Å². The number of esters is 1. The summed E-state index contributed by atoms with van der Waals surface area (Å²) < 4.78 is 10.6. The van der Waals surface area contributed by atoms with E-state index in [1.165, 1.54) is 0 Å². The van der Waals surface area contributed by atoms with Crippen LogP contribution in [0, 0.1) is 0 Å². The first-order chi connectivity index (χ1) is 14.0. The van der Waals surface area contributed by atoms with Crippen molar-refractivity contribution in [3.63, 3.8) is 0 Å². The molecule has 3 aromatic rings. The SMILES string of the molecule is CCOC(=O)c1cccc(NC(=O)CCc2ncc(-c3ccc(Cl)cc3Cl)o2)c1. The highest BCUT2D eigenvalue weighted by Crippen LogP contribution is 2.30. The molecule has 0 aliphatic carbocycles. The van der Waals surface area contributed by atoms with Crippen molar-refractivity contribution in [3.8, 4) is 11.3 Å². The number of carbonyl (C=O) groups excluding carboxylic acids is 2. The normalized spacial score (nSPS) is 10.6. The number of nitrogens with one attached hydrogen (secondary N) is 1. The summed E-state index contributed by atoms with van der Waals surface area (Å²) in [7, 11) is 0. The molecule has 0 saturated heterocycles. The molecule has 29 heavy (non-hydrogen) atoms. The van der Waals surface area contributed by atoms with E-state index in [-0.39, 0.29) is 18.9 Å². The molecule has 0 atom stereocenters. The van der Waals surface area contributed by atoms with Gasteiger partial charge in [-0.1, -0.05) is 29.3 Å². The van der Waals surface area contributed by atoms with Crippen molar-refractivity contribution in [2.45, 2.75) is 19.8 Å². The van der Waals surface area contributed by atoms with Gasteiger partial charge in [0.25, 0.3) is 0 Å². The highest BCUT2D eigenvalue weighted by Gasteiger charge is 2.13. The molecule has 0 fully saturated rings. The van der Waals surface area contributed by atoms with Crippen molar-refractivity contribution in [3.05, 3.63) is 70.2 Å². The van der Waals surface area contributed by atoms with Crippen LogP contribution in [0.3, 0.4) is 0 Å². The third kappa shape index (κ3) is 5.59. The van der Waals surface area contributed by atoms with Gasteiger partial charge in [0.15, 0.2) is 11.7 Å². The number of aromatic nitrogens is 1. The first-order valence-corrected chi connectivity index (χ1v) is 9.69. The number of carbonyl (C=O) groups is 2. The van der Waals surface area contributed by atoms with E-state index in [2.05, 4.69) is 10.3 Å². The third-order valence-corrected chi connectivity index (χ3v) is 4.52. The van der Waals surface area contributed by atoms with Crippen LogP contribution in [0.1, 0.15) is 29.6 Å². The zero-order valence-electron chi connectivity index (χ0n) is 15.6. The van der Waals surface area contributed by atoms with Crippen LogP contribution in [-0.4, -0.2) is 23.5 Å². The molecule has 150 valence electrons. The molecule has 1 amide bonds. The highest BCUT2D eigenvalue weighted by atomic mass is 35.5. The van der Waals surface area contributed by atoms with Crippen LogP contribution < -0.4 is 5.32 Å². The van der Waals surface area contributed by atoms with E-state index in [1.807, 2.05) is 0 Å². The van der Waals surface area contributed by atoms with Gasteiger partial charge in [-0.25, -0.2) is 9.78 Å². The lowest BCUT2D eigenvalue weighted by molar-refractivity contribution is -0.116. The van der Waals surface area contributed by atoms with Crippen LogP contribution in [0.25, 0.3) is 11.3 Å². The zero-order chi connectivity index (χ0) is 20.8. The Kier molecular flexibility index (Phi) is 6.90. The van der Waals surface area contributed by atoms with Gasteiger partial charge in [-0.3, -0.25) is 4.79 Å². The second-order valence-electron chi connectivity index (χ2n) is 6.09. The fraction of sp³-hybridized carbons (Fsp3) is 0.190. The lowest BCUT2D eigenvalue weighted by atomic mass is 10.2. The minimum absolute atomic E-state index is 0.165. The minimum atomic E-state index is -0.434. The standard InChI is InChI=1S/C21H18Cl2N2O4/c1-2-28-21(27)13-4-3-5-15(10-13)25-19(26)8-9-20-24-12-18(29-20)16-7-6-14(22)11-17(16)23/h3-7,10-12H,2,8-9H2,1H3,(H,25,26). The van der Waals surface area contributed by atoms with E-state index >= 15 is 0 Å². The van der Waals surface area contributed by atoms with Crippen molar-refractivity contribution in [1.29, 1.82) is 0 Å². The van der Waals surface area contributed by atoms with E-state index in [4.69, 9.17) is 32.4 Å². The summed E-state index contributed by atoms with van der Waals surface area (Å²) in [5, 5.41) is 3.74. The van der Waals surface area contributed by atoms with Gasteiger partial charge in [-0.05, 0) is 43.3 Å². The number of halogens is 2. The smallest absolute Gasteiger partial charge is 0.338 e. The van der Waals surface area contributed by atoms with Crippen molar-refractivity contribution in [2.24, 2.45) is 0 Å². The molecule has 6 nitrogen and oxygen atoms in total. The summed E-state index contributed by atoms with van der Waals surface area (Å²) >= 11 is 12.1. The second kappa shape index (κ2) is 9.58. The van der Waals surface area contributed by atoms with Gasteiger partial charge in [-0.15, -0.1) is 0 Å². The lowest BCUT2D eigenvalue weighted by Crippen LogP contribution is -2.13. The van der Waals surface area contributed by atoms with Gasteiger partial charge in [0, 0.05) is 29.1 Å². The van der Waals surface area contributed by atoms with Crippen LogP contribution >= 0.6 is 23.2 Å². The number of ether oxygens (including phenoxy) is 1. The minimum Gasteiger partial charge on any atom is -0.462 e. The molecule has 2 aromatic carbocycles. The summed E-state index contributed by atoms with van der Waals surface area (Å²) in [5.74, 6) is 0.262. The van der Waals surface area contributed by atoms with Crippen molar-refractivity contribution in [1.82, 2.24) is 4.98 Å². The number of amides is 1. The molecular formula is C21H18Cl2N2O4. The van der Waals surface area contributed by atoms with Crippen molar-refractivity contribution in [2.75, 3.05) is 11.9 Å². The molecule has 1 N–H and O–H groups in total. The van der Waals surface area contributed by atoms with E-state index in [0.717, 1.165) is 0 Å². The Labute approximate surface area is 177 Å². The van der Waals surface area contributed by atoms with Gasteiger partial charge in [-0.2, -0.15) is 0 Å². The molecule has 1 aromatic heterocycles. The number of nitrogens with zero attached hydrogens (tertiary/aromatic N) is 1. The second-order valence-corrected chi connectivity index (χ2v) is 6.94. The fourth-order valence-electron chi connectivity index (χ4n) is 2.62. The first kappa shape index (κ1) is 20.9. The molecule has 0 aliphatic rings. The predicted octanol–water partition coefficient (Wildman–Crippen LogP) is 5.40. The maximum atomic E-state index is 12.2. The highest BCUT2D eigenvalue weighted by molar-refractivity contribution is 6.36. The van der Waals surface area contributed by atoms with Gasteiger partial charge < -0.3 is 14.5 Å². The molecule has 0 unspecified atom stereocenters. The lowest BCUT2D eigenvalue weighted by Gasteiger charge is -2.07. The van der Waals surface area contributed by atoms with E-state index in [1.54, 1.807) is 55.6 Å². The number of rotatable bonds is 7. The molecule has 1 heterocycles. The third-order valence-electron chi connectivity index (χ3n) is 3.97. The Balaban J connectivity index is 1.58. The summed E-state index contributed by atoms with van der Waals surface area (Å²) in [6.07, 6.45) is 2.04. The fourth-order valence-corrected chi connectivity index (χ4v) is 3.12. The monoisotopic (exact) mass is 432 g/mol. The molecular weight excluding hydrogens is 415 g/mol. The molecule has 0 bridgehead atoms. The summed E-state index contributed by atoms with van der Waals surface area (Å²) in [6, 6.07) is 11.7. The maximum absolute atomic E-state index is 12.2. The van der Waals surface area contributed by atoms with Gasteiger partial charge in [0.2, 0.25) is 5.91 Å². The Morgan fingerprint density at radius 3 is 2.76 bits per heavy atom. The average Bonchev–Trinajstić information content (AvgIpc) is 3.15. The molecule has 8 heteroatoms. The summed E-state index contributed by atoms with van der Waals surface area (Å²) in [4.78, 5) is 28.2. The van der Waals surface area contributed by atoms with E-state index < -0.39 is 5.97 Å². The molecule has 0 aliphatic heterocycles. The van der Waals surface area contributed by atoms with Gasteiger partial charge in [0.05, 0.1) is 23.4 Å². The number of benzene rings is 2. The predicted molar refractivity (Wildman–Crippen MR) is 111 cm³/mol. The Bertz CT molecular complexity index is 1030. The Hall–Kier alpha value is -2.83. The van der Waals surface area contributed by atoms with E-state index in [9.17, 15) is 9.59 Å². The Morgan fingerprint density at radius 1 is 1.17 bits per heavy atom. The van der Waals surface area contributed by atoms with Gasteiger partial charge in [0.1, 0.15) is 0 Å². The quantitative estimate of drug-likeness (QED) is 0.505. The molecule has 0 spiro atoms. The number of anilines is 1. The summed E-state index contributed by atoms with van der Waals surface area (Å²) in [5.41, 5.74) is 1.57. The molecule has 3 rings (SSSR count). The van der Waals surface area contributed by atoms with Gasteiger partial charge >= 0.3 is 5.97 Å². The van der Waals surface area contributed by atoms with Crippen LogP contribution in [0.15, 0.2) is 53.1 Å². The van der Waals surface area contributed by atoms with Crippen molar-refractivity contribution < 1.29 is 18.7 Å². The zero-order valence-corrected chi connectivity index (χ0v) is 17.1. The van der Waals surface area contributed by atoms with Crippen LogP contribution in [0.4, 0.5) is 5.69 Å². The van der Waals surface area contributed by atoms with E-state index in [0.29, 0.717) is 44.9 Å². The van der Waals surface area contributed by atoms with Crippen LogP contribution in [-0.2, 0) is 16.0 Å². The Morgan fingerprint density at radius 2 is 2.00 bits per heavy atom. The first-order valence-electron chi connectivity index (χ1n) is 8.93. The number of aryl methyl sites for hydroxylation is 1. The largest absolute Gasteiger partial charge is 0.462 e. The van der Waals surface area contributed by atoms with Crippen LogP contribution in [0.2, 0.25) is 10.0 Å². The molecule has 0 radical (unpaired) electrons. The number of oxazole rings is 1. The number of hydrogen-bond acceptors (Lipinski definition) is 5. The average molecular weight is 433 g/mol. The summed E-state index contributed by atoms with van der Waals surface area (Å²) in [6.45, 7) is 2.02.